The quantitative estimate of drug-likeness (QED) is 0.216. The minimum absolute atomic E-state index is 0.0699. The zero-order chi connectivity index (χ0) is 31.1. The highest BCUT2D eigenvalue weighted by Gasteiger charge is 2.34. The van der Waals surface area contributed by atoms with Crippen LogP contribution in [0.25, 0.3) is 6.08 Å². The number of carbonyl (C=O) groups is 2. The summed E-state index contributed by atoms with van der Waals surface area (Å²) in [4.78, 5) is 43.9. The zero-order valence-electron chi connectivity index (χ0n) is 23.8. The summed E-state index contributed by atoms with van der Waals surface area (Å²) in [7, 11) is 1.26. The third kappa shape index (κ3) is 7.08. The van der Waals surface area contributed by atoms with Gasteiger partial charge in [0.15, 0.2) is 29.5 Å². The predicted molar refractivity (Wildman–Crippen MR) is 166 cm³/mol. The second-order valence-electron chi connectivity index (χ2n) is 8.94. The largest absolute Gasteiger partial charge is 0.490 e. The summed E-state index contributed by atoms with van der Waals surface area (Å²) < 4.78 is 29.5. The van der Waals surface area contributed by atoms with E-state index in [1.165, 1.54) is 23.0 Å². The number of benzene rings is 2. The number of nitrogens with zero attached hydrogens (tertiary/aromatic N) is 3. The first-order chi connectivity index (χ1) is 20.7. The molecule has 11 nitrogen and oxygen atoms in total. The summed E-state index contributed by atoms with van der Waals surface area (Å²) in [6.45, 7) is 5.27. The van der Waals surface area contributed by atoms with E-state index in [4.69, 9.17) is 24.2 Å². The van der Waals surface area contributed by atoms with E-state index in [1.54, 1.807) is 57.2 Å². The van der Waals surface area contributed by atoms with Gasteiger partial charge in [0.2, 0.25) is 0 Å². The number of aromatic nitrogens is 1. The summed E-state index contributed by atoms with van der Waals surface area (Å²) >= 11 is 3.31. The van der Waals surface area contributed by atoms with Crippen molar-refractivity contribution < 1.29 is 33.3 Å². The Bertz CT molecular complexity index is 1800. The number of thiazole rings is 1. The van der Waals surface area contributed by atoms with Gasteiger partial charge in [0.05, 0.1) is 45.7 Å². The molecule has 13 heteroatoms. The summed E-state index contributed by atoms with van der Waals surface area (Å²) in [5, 5.41) is 8.80. The van der Waals surface area contributed by atoms with Crippen LogP contribution in [-0.4, -0.2) is 50.0 Å². The van der Waals surface area contributed by atoms with Crippen LogP contribution in [0.15, 0.2) is 57.5 Å². The van der Waals surface area contributed by atoms with Gasteiger partial charge in [0.1, 0.15) is 11.8 Å². The van der Waals surface area contributed by atoms with E-state index in [-0.39, 0.29) is 31.0 Å². The topological polar surface area (TPSA) is 138 Å². The first-order valence-electron chi connectivity index (χ1n) is 13.2. The van der Waals surface area contributed by atoms with Gasteiger partial charge in [0.25, 0.3) is 5.56 Å². The van der Waals surface area contributed by atoms with Crippen LogP contribution >= 0.6 is 33.9 Å². The molecule has 43 heavy (non-hydrogen) atoms. The van der Waals surface area contributed by atoms with Gasteiger partial charge in [-0.3, -0.25) is 9.36 Å². The van der Waals surface area contributed by atoms with Crippen molar-refractivity contribution in [3.63, 3.8) is 0 Å². The summed E-state index contributed by atoms with van der Waals surface area (Å²) in [6, 6.07) is 11.5. The first-order valence-corrected chi connectivity index (χ1v) is 15.1. The standard InChI is InChI=1S/C30H28IN3O8S/c1-5-39-23-15-19(8-10-22(23)42-16-25(35)38-4)27-26(29(37)40-6-2)17(3)33-30-34(27)28(36)24(43-30)14-18-7-9-21(20(31)13-18)41-12-11-32/h7-10,13-15,27H,5-6,12,16H2,1-4H3/b24-14-/t27-/m0/s1. The third-order valence-corrected chi connectivity index (χ3v) is 8.05. The highest BCUT2D eigenvalue weighted by atomic mass is 127. The summed E-state index contributed by atoms with van der Waals surface area (Å²) in [5.74, 6) is 0.0608. The van der Waals surface area contributed by atoms with E-state index in [0.717, 1.165) is 9.13 Å². The first kappa shape index (κ1) is 31.8. The molecule has 0 N–H and O–H groups in total. The van der Waals surface area contributed by atoms with Crippen molar-refractivity contribution in [2.45, 2.75) is 26.8 Å². The maximum absolute atomic E-state index is 14.0. The van der Waals surface area contributed by atoms with Gasteiger partial charge >= 0.3 is 11.9 Å². The lowest BCUT2D eigenvalue weighted by Crippen LogP contribution is -2.40. The molecule has 224 valence electrons. The summed E-state index contributed by atoms with van der Waals surface area (Å²) in [5.41, 5.74) is 1.62. The minimum atomic E-state index is -0.867. The van der Waals surface area contributed by atoms with Gasteiger partial charge in [-0.2, -0.15) is 5.26 Å². The number of ether oxygens (including phenoxy) is 5. The molecule has 2 aromatic carbocycles. The van der Waals surface area contributed by atoms with Crippen molar-refractivity contribution >= 4 is 51.9 Å². The number of fused-ring (bicyclic) bond motifs is 1. The maximum Gasteiger partial charge on any atom is 0.343 e. The van der Waals surface area contributed by atoms with Crippen molar-refractivity contribution in [3.05, 3.63) is 82.1 Å². The number of halogens is 1. The smallest absolute Gasteiger partial charge is 0.343 e. The molecule has 0 aliphatic carbocycles. The molecule has 0 amide bonds. The van der Waals surface area contributed by atoms with Crippen LogP contribution in [0, 0.1) is 14.9 Å². The van der Waals surface area contributed by atoms with E-state index in [2.05, 4.69) is 32.3 Å². The fourth-order valence-electron chi connectivity index (χ4n) is 4.37. The van der Waals surface area contributed by atoms with Crippen molar-refractivity contribution in [2.75, 3.05) is 33.5 Å². The SMILES string of the molecule is CCOC(=O)C1=C(C)N=c2s/c(=C\c3ccc(OCC#N)c(I)c3)c(=O)n2[C@H]1c1ccc(OCC(=O)OC)c(OCC)c1. The van der Waals surface area contributed by atoms with Crippen LogP contribution in [0.3, 0.4) is 0 Å². The predicted octanol–water partition coefficient (Wildman–Crippen LogP) is 3.26. The molecule has 2 heterocycles. The minimum Gasteiger partial charge on any atom is -0.490 e. The number of esters is 2. The Hall–Kier alpha value is -4.16. The Morgan fingerprint density at radius 1 is 1.09 bits per heavy atom. The maximum atomic E-state index is 14.0. The molecule has 1 aliphatic rings. The molecular weight excluding hydrogens is 689 g/mol. The fraction of sp³-hybridized carbons (Fsp3) is 0.300. The number of rotatable bonds is 11. The number of hydrogen-bond acceptors (Lipinski definition) is 11. The average Bonchev–Trinajstić information content (AvgIpc) is 3.29. The molecule has 1 aliphatic heterocycles. The molecule has 0 radical (unpaired) electrons. The van der Waals surface area contributed by atoms with Crippen molar-refractivity contribution in [2.24, 2.45) is 4.99 Å². The lowest BCUT2D eigenvalue weighted by Gasteiger charge is -2.25. The second-order valence-corrected chi connectivity index (χ2v) is 11.1. The van der Waals surface area contributed by atoms with Crippen molar-refractivity contribution in [1.29, 1.82) is 5.26 Å². The van der Waals surface area contributed by atoms with Gasteiger partial charge in [-0.15, -0.1) is 0 Å². The van der Waals surface area contributed by atoms with Gasteiger partial charge < -0.3 is 23.7 Å². The van der Waals surface area contributed by atoms with Crippen LogP contribution in [0.4, 0.5) is 0 Å². The number of allylic oxidation sites excluding steroid dienone is 1. The van der Waals surface area contributed by atoms with E-state index in [0.29, 0.717) is 44.4 Å². The van der Waals surface area contributed by atoms with Gasteiger partial charge in [-0.25, -0.2) is 14.6 Å². The zero-order valence-corrected chi connectivity index (χ0v) is 26.8. The van der Waals surface area contributed by atoms with Crippen molar-refractivity contribution in [3.8, 4) is 23.3 Å². The Morgan fingerprint density at radius 3 is 2.53 bits per heavy atom. The number of carbonyl (C=O) groups excluding carboxylic acids is 2. The van der Waals surface area contributed by atoms with Crippen LogP contribution < -0.4 is 29.1 Å². The molecule has 1 aromatic heterocycles. The lowest BCUT2D eigenvalue weighted by molar-refractivity contribution is -0.143. The van der Waals surface area contributed by atoms with Gasteiger partial charge in [-0.05, 0) is 84.8 Å². The Kier molecular flexibility index (Phi) is 10.6. The van der Waals surface area contributed by atoms with E-state index < -0.39 is 18.0 Å². The lowest BCUT2D eigenvalue weighted by atomic mass is 9.95. The fourth-order valence-corrected chi connectivity index (χ4v) is 6.11. The second kappa shape index (κ2) is 14.3. The average molecular weight is 718 g/mol. The van der Waals surface area contributed by atoms with Crippen LogP contribution in [0.2, 0.25) is 0 Å². The number of nitriles is 1. The van der Waals surface area contributed by atoms with Gasteiger partial charge in [-0.1, -0.05) is 23.5 Å². The molecule has 0 unspecified atom stereocenters. The van der Waals surface area contributed by atoms with Crippen molar-refractivity contribution in [1.82, 2.24) is 4.57 Å². The van der Waals surface area contributed by atoms with Gasteiger partial charge in [0, 0.05) is 0 Å². The third-order valence-electron chi connectivity index (χ3n) is 6.22. The van der Waals surface area contributed by atoms with E-state index in [9.17, 15) is 14.4 Å². The molecule has 3 aromatic rings. The normalized spacial score (nSPS) is 14.3. The molecule has 1 atom stereocenters. The number of methoxy groups -OCH3 is 1. The number of hydrogen-bond donors (Lipinski definition) is 0. The highest BCUT2D eigenvalue weighted by Crippen LogP contribution is 2.36. The monoisotopic (exact) mass is 717 g/mol. The highest BCUT2D eigenvalue weighted by molar-refractivity contribution is 14.1. The molecule has 0 saturated carbocycles. The van der Waals surface area contributed by atoms with Crippen LogP contribution in [-0.2, 0) is 19.1 Å². The molecule has 0 saturated heterocycles. The van der Waals surface area contributed by atoms with E-state index >= 15 is 0 Å². The van der Waals surface area contributed by atoms with Crippen LogP contribution in [0.5, 0.6) is 17.2 Å². The van der Waals surface area contributed by atoms with Crippen LogP contribution in [0.1, 0.15) is 37.9 Å². The Balaban J connectivity index is 1.86. The molecule has 4 rings (SSSR count). The Morgan fingerprint density at radius 2 is 1.86 bits per heavy atom. The summed E-state index contributed by atoms with van der Waals surface area (Å²) in [6.07, 6.45) is 1.75. The Labute approximate surface area is 264 Å². The molecule has 0 fully saturated rings. The molecule has 0 bridgehead atoms. The van der Waals surface area contributed by atoms with E-state index in [1.807, 2.05) is 12.1 Å². The molecule has 0 spiro atoms. The molecular formula is C30H28IN3O8S.